The SMILES string of the molecule is CNC(=O)[C@@H](Cc1ccc2ccccc2c1)NC(=O)CC(N)Cc1ccccc1F. The van der Waals surface area contributed by atoms with Crippen LogP contribution >= 0.6 is 0 Å². The van der Waals surface area contributed by atoms with E-state index in [1.165, 1.54) is 13.1 Å². The monoisotopic (exact) mass is 407 g/mol. The third kappa shape index (κ3) is 5.64. The van der Waals surface area contributed by atoms with Gasteiger partial charge in [-0.15, -0.1) is 0 Å². The fraction of sp³-hybridized carbons (Fsp3) is 0.250. The topological polar surface area (TPSA) is 84.2 Å². The number of hydrogen-bond acceptors (Lipinski definition) is 3. The van der Waals surface area contributed by atoms with Gasteiger partial charge in [0.15, 0.2) is 0 Å². The smallest absolute Gasteiger partial charge is 0.242 e. The van der Waals surface area contributed by atoms with Gasteiger partial charge < -0.3 is 16.4 Å². The highest BCUT2D eigenvalue weighted by Gasteiger charge is 2.22. The summed E-state index contributed by atoms with van der Waals surface area (Å²) in [7, 11) is 1.53. The van der Waals surface area contributed by atoms with Crippen LogP contribution in [-0.4, -0.2) is 30.9 Å². The summed E-state index contributed by atoms with van der Waals surface area (Å²) in [5.41, 5.74) is 7.46. The summed E-state index contributed by atoms with van der Waals surface area (Å²) < 4.78 is 13.8. The van der Waals surface area contributed by atoms with E-state index in [1.807, 2.05) is 42.5 Å². The first-order valence-electron chi connectivity index (χ1n) is 9.94. The van der Waals surface area contributed by atoms with Crippen LogP contribution in [0.5, 0.6) is 0 Å². The van der Waals surface area contributed by atoms with Crippen molar-refractivity contribution < 1.29 is 14.0 Å². The summed E-state index contributed by atoms with van der Waals surface area (Å²) in [6.07, 6.45) is 0.605. The maximum atomic E-state index is 13.8. The molecule has 0 aliphatic heterocycles. The normalized spacial score (nSPS) is 12.9. The van der Waals surface area contributed by atoms with Crippen LogP contribution in [0, 0.1) is 5.82 Å². The molecular weight excluding hydrogens is 381 g/mol. The molecule has 3 aromatic carbocycles. The van der Waals surface area contributed by atoms with Crippen molar-refractivity contribution in [3.63, 3.8) is 0 Å². The van der Waals surface area contributed by atoms with Gasteiger partial charge in [-0.25, -0.2) is 4.39 Å². The van der Waals surface area contributed by atoms with Crippen molar-refractivity contribution in [1.82, 2.24) is 10.6 Å². The van der Waals surface area contributed by atoms with Crippen LogP contribution < -0.4 is 16.4 Å². The van der Waals surface area contributed by atoms with Crippen molar-refractivity contribution in [2.24, 2.45) is 5.73 Å². The zero-order valence-corrected chi connectivity index (χ0v) is 16.9. The molecule has 3 aromatic rings. The van der Waals surface area contributed by atoms with E-state index in [0.29, 0.717) is 12.0 Å². The van der Waals surface area contributed by atoms with Crippen LogP contribution in [0.15, 0.2) is 66.7 Å². The first-order chi connectivity index (χ1) is 14.5. The highest BCUT2D eigenvalue weighted by molar-refractivity contribution is 5.88. The molecule has 0 aromatic heterocycles. The first-order valence-corrected chi connectivity index (χ1v) is 9.94. The molecule has 2 amide bonds. The van der Waals surface area contributed by atoms with Crippen molar-refractivity contribution >= 4 is 22.6 Å². The molecule has 156 valence electrons. The van der Waals surface area contributed by atoms with Gasteiger partial charge in [0.05, 0.1) is 0 Å². The molecule has 0 aliphatic carbocycles. The third-order valence-corrected chi connectivity index (χ3v) is 5.04. The maximum absolute atomic E-state index is 13.8. The van der Waals surface area contributed by atoms with Gasteiger partial charge in [-0.05, 0) is 34.4 Å². The van der Waals surface area contributed by atoms with E-state index < -0.39 is 12.1 Å². The molecule has 3 rings (SSSR count). The fourth-order valence-corrected chi connectivity index (χ4v) is 3.49. The highest BCUT2D eigenvalue weighted by Crippen LogP contribution is 2.17. The molecular formula is C24H26FN3O2. The van der Waals surface area contributed by atoms with E-state index in [2.05, 4.69) is 10.6 Å². The van der Waals surface area contributed by atoms with Crippen molar-refractivity contribution in [3.05, 3.63) is 83.7 Å². The van der Waals surface area contributed by atoms with E-state index in [9.17, 15) is 14.0 Å². The number of amides is 2. The molecule has 0 radical (unpaired) electrons. The molecule has 0 fully saturated rings. The Morgan fingerprint density at radius 3 is 2.40 bits per heavy atom. The molecule has 0 spiro atoms. The van der Waals surface area contributed by atoms with Crippen molar-refractivity contribution in [2.45, 2.75) is 31.3 Å². The van der Waals surface area contributed by atoms with Crippen LogP contribution in [0.25, 0.3) is 10.8 Å². The van der Waals surface area contributed by atoms with E-state index in [1.54, 1.807) is 18.2 Å². The minimum atomic E-state index is -0.718. The van der Waals surface area contributed by atoms with E-state index in [0.717, 1.165) is 16.3 Å². The fourth-order valence-electron chi connectivity index (χ4n) is 3.49. The average molecular weight is 407 g/mol. The molecule has 2 atom stereocenters. The predicted octanol–water partition coefficient (Wildman–Crippen LogP) is 2.71. The molecule has 0 aliphatic rings. The second-order valence-electron chi connectivity index (χ2n) is 7.38. The Morgan fingerprint density at radius 1 is 0.967 bits per heavy atom. The van der Waals surface area contributed by atoms with E-state index in [-0.39, 0.29) is 30.5 Å². The summed E-state index contributed by atoms with van der Waals surface area (Å²) in [6, 6.07) is 19.0. The Balaban J connectivity index is 1.64. The molecule has 5 nitrogen and oxygen atoms in total. The standard InChI is InChI=1S/C24H26FN3O2/c1-27-24(30)22(13-16-10-11-17-6-2-3-7-18(17)12-16)28-23(29)15-20(26)14-19-8-4-5-9-21(19)25/h2-12,20,22H,13-15,26H2,1H3,(H,27,30)(H,28,29)/t20?,22-/m1/s1. The predicted molar refractivity (Wildman–Crippen MR) is 116 cm³/mol. The minimum absolute atomic E-state index is 0.000448. The molecule has 0 heterocycles. The van der Waals surface area contributed by atoms with Crippen LogP contribution in [0.1, 0.15) is 17.5 Å². The van der Waals surface area contributed by atoms with Gasteiger partial charge in [0.1, 0.15) is 11.9 Å². The molecule has 6 heteroatoms. The average Bonchev–Trinajstić information content (AvgIpc) is 2.74. The lowest BCUT2D eigenvalue weighted by atomic mass is 10.00. The van der Waals surface area contributed by atoms with Crippen LogP contribution in [0.3, 0.4) is 0 Å². The van der Waals surface area contributed by atoms with Crippen molar-refractivity contribution in [3.8, 4) is 0 Å². The molecule has 30 heavy (non-hydrogen) atoms. The lowest BCUT2D eigenvalue weighted by Crippen LogP contribution is -2.48. The zero-order chi connectivity index (χ0) is 21.5. The second-order valence-corrected chi connectivity index (χ2v) is 7.38. The number of benzene rings is 3. The Kier molecular flexibility index (Phi) is 7.14. The highest BCUT2D eigenvalue weighted by atomic mass is 19.1. The number of likely N-dealkylation sites (N-methyl/N-ethyl adjacent to an activating group) is 1. The molecule has 0 saturated carbocycles. The van der Waals surface area contributed by atoms with Gasteiger partial charge in [-0.1, -0.05) is 60.7 Å². The van der Waals surface area contributed by atoms with Crippen LogP contribution in [0.4, 0.5) is 4.39 Å². The lowest BCUT2D eigenvalue weighted by Gasteiger charge is -2.19. The molecule has 1 unspecified atom stereocenters. The zero-order valence-electron chi connectivity index (χ0n) is 16.9. The third-order valence-electron chi connectivity index (χ3n) is 5.04. The summed E-state index contributed by atoms with van der Waals surface area (Å²) in [5.74, 6) is -0.958. The number of hydrogen-bond donors (Lipinski definition) is 3. The number of rotatable bonds is 8. The van der Waals surface area contributed by atoms with E-state index >= 15 is 0 Å². The number of carbonyl (C=O) groups excluding carboxylic acids is 2. The van der Waals surface area contributed by atoms with Gasteiger partial charge in [-0.2, -0.15) is 0 Å². The van der Waals surface area contributed by atoms with Gasteiger partial charge in [0, 0.05) is 25.9 Å². The Bertz CT molecular complexity index is 1040. The summed E-state index contributed by atoms with van der Waals surface area (Å²) in [5, 5.41) is 7.55. The summed E-state index contributed by atoms with van der Waals surface area (Å²) >= 11 is 0. The van der Waals surface area contributed by atoms with Gasteiger partial charge in [-0.3, -0.25) is 9.59 Å². The number of nitrogens with two attached hydrogens (primary N) is 1. The van der Waals surface area contributed by atoms with Gasteiger partial charge in [0.2, 0.25) is 11.8 Å². The maximum Gasteiger partial charge on any atom is 0.242 e. The number of halogens is 1. The van der Waals surface area contributed by atoms with Gasteiger partial charge in [0.25, 0.3) is 0 Å². The Morgan fingerprint density at radius 2 is 1.67 bits per heavy atom. The van der Waals surface area contributed by atoms with E-state index in [4.69, 9.17) is 5.73 Å². The van der Waals surface area contributed by atoms with Gasteiger partial charge >= 0.3 is 0 Å². The summed E-state index contributed by atoms with van der Waals surface area (Å²) in [6.45, 7) is 0. The molecule has 4 N–H and O–H groups in total. The largest absolute Gasteiger partial charge is 0.357 e. The second kappa shape index (κ2) is 9.98. The van der Waals surface area contributed by atoms with Crippen molar-refractivity contribution in [2.75, 3.05) is 7.05 Å². The molecule has 0 bridgehead atoms. The van der Waals surface area contributed by atoms with Crippen molar-refractivity contribution in [1.29, 1.82) is 0 Å². The number of fused-ring (bicyclic) bond motifs is 1. The minimum Gasteiger partial charge on any atom is -0.357 e. The Labute approximate surface area is 175 Å². The Hall–Kier alpha value is -3.25. The van der Waals surface area contributed by atoms with Crippen LogP contribution in [0.2, 0.25) is 0 Å². The first kappa shape index (κ1) is 21.5. The molecule has 0 saturated heterocycles. The summed E-state index contributed by atoms with van der Waals surface area (Å²) in [4.78, 5) is 24.8. The van der Waals surface area contributed by atoms with Crippen LogP contribution in [-0.2, 0) is 22.4 Å². The lowest BCUT2D eigenvalue weighted by molar-refractivity contribution is -0.128. The quantitative estimate of drug-likeness (QED) is 0.537. The number of carbonyl (C=O) groups is 2. The number of nitrogens with one attached hydrogen (secondary N) is 2.